The Balaban J connectivity index is 2.32. The van der Waals surface area contributed by atoms with Gasteiger partial charge in [-0.3, -0.25) is 0 Å². The number of nitrogens with two attached hydrogens (primary N) is 1. The summed E-state index contributed by atoms with van der Waals surface area (Å²) in [6, 6.07) is 0.744. The van der Waals surface area contributed by atoms with Gasteiger partial charge in [-0.05, 0) is 53.0 Å². The van der Waals surface area contributed by atoms with Crippen molar-refractivity contribution in [3.05, 3.63) is 0 Å². The molecular weight excluding hydrogens is 174 g/mol. The molecule has 0 bridgehead atoms. The maximum atomic E-state index is 5.53. The van der Waals surface area contributed by atoms with Gasteiger partial charge in [-0.25, -0.2) is 0 Å². The molecule has 3 heteroatoms. The van der Waals surface area contributed by atoms with Crippen LogP contribution >= 0.6 is 0 Å². The van der Waals surface area contributed by atoms with Crippen LogP contribution in [0.2, 0.25) is 0 Å². The highest BCUT2D eigenvalue weighted by Crippen LogP contribution is 2.13. The molecular formula is C11H25N3. The zero-order valence-corrected chi connectivity index (χ0v) is 9.71. The molecule has 1 fully saturated rings. The third kappa shape index (κ3) is 3.95. The van der Waals surface area contributed by atoms with Gasteiger partial charge in [0, 0.05) is 12.6 Å². The van der Waals surface area contributed by atoms with Gasteiger partial charge in [0.1, 0.15) is 0 Å². The summed E-state index contributed by atoms with van der Waals surface area (Å²) in [5.41, 5.74) is 5.53. The number of nitrogens with zero attached hydrogens (tertiary/aromatic N) is 2. The molecule has 84 valence electrons. The van der Waals surface area contributed by atoms with Gasteiger partial charge in [-0.1, -0.05) is 6.42 Å². The Labute approximate surface area is 88.2 Å². The number of likely N-dealkylation sites (N-methyl/N-ethyl adjacent to an activating group) is 2. The summed E-state index contributed by atoms with van der Waals surface area (Å²) in [5, 5.41) is 0. The van der Waals surface area contributed by atoms with Crippen molar-refractivity contribution in [1.29, 1.82) is 0 Å². The van der Waals surface area contributed by atoms with Crippen LogP contribution in [0.15, 0.2) is 0 Å². The van der Waals surface area contributed by atoms with Crippen LogP contribution in [0.4, 0.5) is 0 Å². The lowest BCUT2D eigenvalue weighted by Crippen LogP contribution is -2.40. The quantitative estimate of drug-likeness (QED) is 0.725. The molecule has 14 heavy (non-hydrogen) atoms. The van der Waals surface area contributed by atoms with E-state index in [0.29, 0.717) is 0 Å². The van der Waals surface area contributed by atoms with Crippen LogP contribution in [0.25, 0.3) is 0 Å². The molecule has 0 aromatic heterocycles. The standard InChI is InChI=1S/C11H25N3/c1-13-8-4-3-6-11(10-13)14(2)9-5-7-12/h11H,3-10,12H2,1-2H3. The molecule has 0 saturated carbocycles. The Morgan fingerprint density at radius 3 is 2.93 bits per heavy atom. The van der Waals surface area contributed by atoms with Gasteiger partial charge in [0.05, 0.1) is 0 Å². The highest BCUT2D eigenvalue weighted by Gasteiger charge is 2.18. The largest absolute Gasteiger partial charge is 0.330 e. The minimum absolute atomic E-state index is 0.744. The molecule has 0 spiro atoms. The zero-order chi connectivity index (χ0) is 10.4. The van der Waals surface area contributed by atoms with Crippen molar-refractivity contribution in [2.45, 2.75) is 31.7 Å². The third-order valence-corrected chi connectivity index (χ3v) is 3.19. The van der Waals surface area contributed by atoms with Crippen molar-refractivity contribution >= 4 is 0 Å². The molecule has 1 unspecified atom stereocenters. The lowest BCUT2D eigenvalue weighted by atomic mass is 10.1. The summed E-state index contributed by atoms with van der Waals surface area (Å²) in [7, 11) is 4.47. The van der Waals surface area contributed by atoms with Gasteiger partial charge in [0.2, 0.25) is 0 Å². The SMILES string of the molecule is CN1CCCCC(N(C)CCCN)C1. The fourth-order valence-electron chi connectivity index (χ4n) is 2.19. The first kappa shape index (κ1) is 12.0. The second-order valence-corrected chi connectivity index (χ2v) is 4.53. The monoisotopic (exact) mass is 199 g/mol. The van der Waals surface area contributed by atoms with E-state index in [1.807, 2.05) is 0 Å². The second kappa shape index (κ2) is 6.38. The summed E-state index contributed by atoms with van der Waals surface area (Å²) in [5.74, 6) is 0. The van der Waals surface area contributed by atoms with E-state index in [1.54, 1.807) is 0 Å². The summed E-state index contributed by atoms with van der Waals surface area (Å²) < 4.78 is 0. The van der Waals surface area contributed by atoms with Crippen molar-refractivity contribution in [1.82, 2.24) is 9.80 Å². The van der Waals surface area contributed by atoms with Gasteiger partial charge in [-0.15, -0.1) is 0 Å². The molecule has 1 atom stereocenters. The second-order valence-electron chi connectivity index (χ2n) is 4.53. The number of rotatable bonds is 4. The highest BCUT2D eigenvalue weighted by atomic mass is 15.2. The summed E-state index contributed by atoms with van der Waals surface area (Å²) >= 11 is 0. The Morgan fingerprint density at radius 2 is 2.21 bits per heavy atom. The van der Waals surface area contributed by atoms with Crippen LogP contribution in [0, 0.1) is 0 Å². The molecule has 0 aromatic carbocycles. The number of likely N-dealkylation sites (tertiary alicyclic amines) is 1. The predicted molar refractivity (Wildman–Crippen MR) is 61.4 cm³/mol. The van der Waals surface area contributed by atoms with Crippen molar-refractivity contribution < 1.29 is 0 Å². The highest BCUT2D eigenvalue weighted by molar-refractivity contribution is 4.75. The first-order valence-electron chi connectivity index (χ1n) is 5.83. The maximum Gasteiger partial charge on any atom is 0.0220 e. The Hall–Kier alpha value is -0.120. The van der Waals surface area contributed by atoms with Crippen LogP contribution in [0.1, 0.15) is 25.7 Å². The maximum absolute atomic E-state index is 5.53. The molecule has 0 radical (unpaired) electrons. The molecule has 2 N–H and O–H groups in total. The molecule has 1 aliphatic heterocycles. The van der Waals surface area contributed by atoms with E-state index in [2.05, 4.69) is 23.9 Å². The fourth-order valence-corrected chi connectivity index (χ4v) is 2.19. The topological polar surface area (TPSA) is 32.5 Å². The van der Waals surface area contributed by atoms with Crippen molar-refractivity contribution in [2.24, 2.45) is 5.73 Å². The van der Waals surface area contributed by atoms with Crippen molar-refractivity contribution in [2.75, 3.05) is 40.3 Å². The molecule has 1 heterocycles. The van der Waals surface area contributed by atoms with E-state index in [0.717, 1.165) is 25.6 Å². The Morgan fingerprint density at radius 1 is 1.43 bits per heavy atom. The molecule has 3 nitrogen and oxygen atoms in total. The van der Waals surface area contributed by atoms with E-state index in [1.165, 1.54) is 32.4 Å². The molecule has 0 amide bonds. The lowest BCUT2D eigenvalue weighted by molar-refractivity contribution is 0.188. The van der Waals surface area contributed by atoms with Crippen molar-refractivity contribution in [3.8, 4) is 0 Å². The van der Waals surface area contributed by atoms with E-state index < -0.39 is 0 Å². The molecule has 0 aromatic rings. The molecule has 1 aliphatic rings. The number of hydrogen-bond acceptors (Lipinski definition) is 3. The summed E-state index contributed by atoms with van der Waals surface area (Å²) in [6.07, 6.45) is 5.21. The van der Waals surface area contributed by atoms with Gasteiger partial charge in [0.15, 0.2) is 0 Å². The number of hydrogen-bond donors (Lipinski definition) is 1. The van der Waals surface area contributed by atoms with Crippen LogP contribution in [0.5, 0.6) is 0 Å². The Bertz CT molecular complexity index is 149. The smallest absolute Gasteiger partial charge is 0.0220 e. The van der Waals surface area contributed by atoms with Crippen LogP contribution in [-0.2, 0) is 0 Å². The van der Waals surface area contributed by atoms with E-state index in [4.69, 9.17) is 5.73 Å². The van der Waals surface area contributed by atoms with Crippen molar-refractivity contribution in [3.63, 3.8) is 0 Å². The van der Waals surface area contributed by atoms with E-state index in [-0.39, 0.29) is 0 Å². The van der Waals surface area contributed by atoms with Crippen LogP contribution in [0.3, 0.4) is 0 Å². The Kier molecular flexibility index (Phi) is 5.45. The van der Waals surface area contributed by atoms with E-state index in [9.17, 15) is 0 Å². The normalized spacial score (nSPS) is 25.3. The zero-order valence-electron chi connectivity index (χ0n) is 9.71. The molecule has 1 rings (SSSR count). The average Bonchev–Trinajstić information content (AvgIpc) is 2.39. The molecule has 0 aliphatic carbocycles. The average molecular weight is 199 g/mol. The van der Waals surface area contributed by atoms with Gasteiger partial charge in [-0.2, -0.15) is 0 Å². The molecule has 1 saturated heterocycles. The van der Waals surface area contributed by atoms with Gasteiger partial charge in [0.25, 0.3) is 0 Å². The first-order valence-corrected chi connectivity index (χ1v) is 5.83. The fraction of sp³-hybridized carbons (Fsp3) is 1.00. The van der Waals surface area contributed by atoms with Crippen LogP contribution in [-0.4, -0.2) is 56.1 Å². The van der Waals surface area contributed by atoms with E-state index >= 15 is 0 Å². The summed E-state index contributed by atoms with van der Waals surface area (Å²) in [4.78, 5) is 4.94. The van der Waals surface area contributed by atoms with Gasteiger partial charge >= 0.3 is 0 Å². The van der Waals surface area contributed by atoms with Crippen LogP contribution < -0.4 is 5.73 Å². The summed E-state index contributed by atoms with van der Waals surface area (Å²) in [6.45, 7) is 4.45. The third-order valence-electron chi connectivity index (χ3n) is 3.19. The minimum Gasteiger partial charge on any atom is -0.330 e. The predicted octanol–water partition coefficient (Wildman–Crippen LogP) is 0.751. The van der Waals surface area contributed by atoms with Gasteiger partial charge < -0.3 is 15.5 Å². The first-order chi connectivity index (χ1) is 6.74. The lowest BCUT2D eigenvalue weighted by Gasteiger charge is -2.29. The minimum atomic E-state index is 0.744.